The van der Waals surface area contributed by atoms with Crippen LogP contribution in [0.25, 0.3) is 0 Å². The number of esters is 3. The van der Waals surface area contributed by atoms with Crippen molar-refractivity contribution in [1.29, 1.82) is 0 Å². The molecule has 1 aromatic rings. The molecular formula is C14H19N3O7. The average molecular weight is 341 g/mol. The summed E-state index contributed by atoms with van der Waals surface area (Å²) in [6.45, 7) is 3.57. The third-order valence-electron chi connectivity index (χ3n) is 3.33. The van der Waals surface area contributed by atoms with Crippen LogP contribution >= 0.6 is 0 Å². The number of nitrogens with zero attached hydrogens (tertiary/aromatic N) is 3. The lowest BCUT2D eigenvalue weighted by Crippen LogP contribution is -2.40. The molecule has 2 heterocycles. The smallest absolute Gasteiger partial charge is 0.304 e. The Morgan fingerprint density at radius 3 is 2.54 bits per heavy atom. The van der Waals surface area contributed by atoms with Crippen LogP contribution in [0.5, 0.6) is 0 Å². The Labute approximate surface area is 138 Å². The maximum absolute atomic E-state index is 11.4. The summed E-state index contributed by atoms with van der Waals surface area (Å²) >= 11 is 0. The number of hydrogen-bond acceptors (Lipinski definition) is 9. The third-order valence-corrected chi connectivity index (χ3v) is 3.33. The van der Waals surface area contributed by atoms with Gasteiger partial charge in [0, 0.05) is 27.2 Å². The van der Waals surface area contributed by atoms with Crippen LogP contribution in [-0.4, -0.2) is 57.8 Å². The van der Waals surface area contributed by atoms with E-state index in [-0.39, 0.29) is 6.61 Å². The summed E-state index contributed by atoms with van der Waals surface area (Å²) < 4.78 is 22.5. The molecule has 0 bridgehead atoms. The van der Waals surface area contributed by atoms with E-state index in [0.717, 1.165) is 0 Å². The normalized spacial score (nSPS) is 24.2. The van der Waals surface area contributed by atoms with Gasteiger partial charge in [0.15, 0.2) is 6.10 Å². The van der Waals surface area contributed by atoms with Crippen molar-refractivity contribution in [2.75, 3.05) is 6.61 Å². The number of ether oxygens (including phenoxy) is 4. The molecular weight excluding hydrogens is 322 g/mol. The van der Waals surface area contributed by atoms with E-state index in [0.29, 0.717) is 6.42 Å². The summed E-state index contributed by atoms with van der Waals surface area (Å²) in [6.07, 6.45) is 0.708. The zero-order valence-corrected chi connectivity index (χ0v) is 13.6. The lowest BCUT2D eigenvalue weighted by molar-refractivity contribution is -0.190. The zero-order valence-electron chi connectivity index (χ0n) is 13.6. The molecule has 0 amide bonds. The van der Waals surface area contributed by atoms with Crippen molar-refractivity contribution in [1.82, 2.24) is 14.8 Å². The van der Waals surface area contributed by atoms with E-state index >= 15 is 0 Å². The standard InChI is InChI=1S/C14H19N3O7/c1-8(18)21-5-12(22-9(2)19)14-11(17-7-15-6-16-17)4-13(24-14)23-10(3)20/h6-7,11-14H,4-5H2,1-3H3/t11-,12+,13?,14-/m0/s1. The predicted molar refractivity (Wildman–Crippen MR) is 76.3 cm³/mol. The first-order chi connectivity index (χ1) is 11.4. The van der Waals surface area contributed by atoms with E-state index in [1.165, 1.54) is 38.1 Å². The van der Waals surface area contributed by atoms with Gasteiger partial charge in [0.05, 0.1) is 6.04 Å². The van der Waals surface area contributed by atoms with Crippen LogP contribution < -0.4 is 0 Å². The Bertz CT molecular complexity index is 589. The number of carbonyl (C=O) groups is 3. The van der Waals surface area contributed by atoms with Crippen molar-refractivity contribution in [3.63, 3.8) is 0 Å². The molecule has 1 unspecified atom stereocenters. The van der Waals surface area contributed by atoms with E-state index in [9.17, 15) is 14.4 Å². The van der Waals surface area contributed by atoms with E-state index in [4.69, 9.17) is 18.9 Å². The zero-order chi connectivity index (χ0) is 17.7. The van der Waals surface area contributed by atoms with Crippen molar-refractivity contribution >= 4 is 17.9 Å². The van der Waals surface area contributed by atoms with Crippen LogP contribution in [0.4, 0.5) is 0 Å². The van der Waals surface area contributed by atoms with Gasteiger partial charge in [-0.3, -0.25) is 14.4 Å². The second-order valence-corrected chi connectivity index (χ2v) is 5.27. The lowest BCUT2D eigenvalue weighted by atomic mass is 10.1. The second-order valence-electron chi connectivity index (χ2n) is 5.27. The van der Waals surface area contributed by atoms with Crippen LogP contribution in [0, 0.1) is 0 Å². The van der Waals surface area contributed by atoms with E-state index in [1.807, 2.05) is 0 Å². The number of hydrogen-bond donors (Lipinski definition) is 0. The van der Waals surface area contributed by atoms with Crippen LogP contribution in [0.15, 0.2) is 12.7 Å². The molecule has 24 heavy (non-hydrogen) atoms. The minimum atomic E-state index is -0.874. The molecule has 0 aliphatic carbocycles. The van der Waals surface area contributed by atoms with Gasteiger partial charge in [-0.1, -0.05) is 0 Å². The summed E-state index contributed by atoms with van der Waals surface area (Å²) in [5, 5.41) is 4.06. The SMILES string of the molecule is CC(=O)OC[C@@H](OC(C)=O)[C@H]1OC(OC(C)=O)C[C@@H]1n1cncn1. The Morgan fingerprint density at radius 1 is 1.25 bits per heavy atom. The highest BCUT2D eigenvalue weighted by molar-refractivity contribution is 5.67. The van der Waals surface area contributed by atoms with Gasteiger partial charge in [0.1, 0.15) is 25.4 Å². The summed E-state index contributed by atoms with van der Waals surface area (Å²) in [7, 11) is 0. The number of aromatic nitrogens is 3. The molecule has 1 aliphatic heterocycles. The summed E-state index contributed by atoms with van der Waals surface area (Å²) in [4.78, 5) is 37.5. The third kappa shape index (κ3) is 4.75. The fourth-order valence-electron chi connectivity index (χ4n) is 2.50. The maximum atomic E-state index is 11.4. The minimum Gasteiger partial charge on any atom is -0.462 e. The average Bonchev–Trinajstić information content (AvgIpc) is 3.11. The molecule has 0 radical (unpaired) electrons. The Kier molecular flexibility index (Phi) is 5.85. The number of rotatable bonds is 6. The van der Waals surface area contributed by atoms with Crippen LogP contribution in [0.1, 0.15) is 33.2 Å². The first-order valence-corrected chi connectivity index (χ1v) is 7.34. The molecule has 1 aromatic heterocycles. The van der Waals surface area contributed by atoms with E-state index in [1.54, 1.807) is 0 Å². The molecule has 4 atom stereocenters. The van der Waals surface area contributed by atoms with Crippen molar-refractivity contribution in [2.45, 2.75) is 51.7 Å². The van der Waals surface area contributed by atoms with Gasteiger partial charge in [-0.15, -0.1) is 0 Å². The van der Waals surface area contributed by atoms with Crippen LogP contribution in [-0.2, 0) is 33.3 Å². The van der Waals surface area contributed by atoms with Crippen LogP contribution in [0.2, 0.25) is 0 Å². The van der Waals surface area contributed by atoms with Gasteiger partial charge in [-0.25, -0.2) is 9.67 Å². The van der Waals surface area contributed by atoms with Gasteiger partial charge in [0.2, 0.25) is 6.29 Å². The highest BCUT2D eigenvalue weighted by atomic mass is 16.7. The Balaban J connectivity index is 2.20. The van der Waals surface area contributed by atoms with Crippen molar-refractivity contribution in [3.05, 3.63) is 12.7 Å². The van der Waals surface area contributed by atoms with Gasteiger partial charge < -0.3 is 18.9 Å². The molecule has 0 N–H and O–H groups in total. The van der Waals surface area contributed by atoms with E-state index < -0.39 is 42.4 Å². The molecule has 2 rings (SSSR count). The fourth-order valence-corrected chi connectivity index (χ4v) is 2.50. The van der Waals surface area contributed by atoms with Gasteiger partial charge in [0.25, 0.3) is 0 Å². The summed E-state index contributed by atoms with van der Waals surface area (Å²) in [6, 6.07) is -0.406. The highest BCUT2D eigenvalue weighted by Crippen LogP contribution is 2.34. The monoisotopic (exact) mass is 341 g/mol. The van der Waals surface area contributed by atoms with Crippen molar-refractivity contribution in [2.24, 2.45) is 0 Å². The predicted octanol–water partition coefficient (Wildman–Crippen LogP) is -0.00790. The first-order valence-electron chi connectivity index (χ1n) is 7.34. The summed E-state index contributed by atoms with van der Waals surface area (Å²) in [5.74, 6) is -1.56. The van der Waals surface area contributed by atoms with Gasteiger partial charge >= 0.3 is 17.9 Å². The molecule has 1 fully saturated rings. The van der Waals surface area contributed by atoms with Crippen LogP contribution in [0.3, 0.4) is 0 Å². The van der Waals surface area contributed by atoms with Crippen molar-refractivity contribution in [3.8, 4) is 0 Å². The Hall–Kier alpha value is -2.49. The maximum Gasteiger partial charge on any atom is 0.304 e. The Morgan fingerprint density at radius 2 is 2.00 bits per heavy atom. The van der Waals surface area contributed by atoms with Gasteiger partial charge in [-0.05, 0) is 0 Å². The first kappa shape index (κ1) is 17.9. The molecule has 1 aliphatic rings. The molecule has 10 heteroatoms. The molecule has 0 spiro atoms. The fraction of sp³-hybridized carbons (Fsp3) is 0.643. The van der Waals surface area contributed by atoms with E-state index in [2.05, 4.69) is 10.1 Å². The number of carbonyl (C=O) groups excluding carboxylic acids is 3. The molecule has 10 nitrogen and oxygen atoms in total. The second kappa shape index (κ2) is 7.86. The summed E-state index contributed by atoms with van der Waals surface area (Å²) in [5.41, 5.74) is 0. The highest BCUT2D eigenvalue weighted by Gasteiger charge is 2.45. The molecule has 132 valence electrons. The van der Waals surface area contributed by atoms with Crippen molar-refractivity contribution < 1.29 is 33.3 Å². The quantitative estimate of drug-likeness (QED) is 0.520. The van der Waals surface area contributed by atoms with Gasteiger partial charge in [-0.2, -0.15) is 5.10 Å². The largest absolute Gasteiger partial charge is 0.462 e. The molecule has 0 aromatic carbocycles. The lowest BCUT2D eigenvalue weighted by Gasteiger charge is -2.26. The molecule has 0 saturated carbocycles. The minimum absolute atomic E-state index is 0.183. The topological polar surface area (TPSA) is 119 Å². The molecule has 1 saturated heterocycles.